The fraction of sp³-hybridized carbons (Fsp3) is 0.429. The summed E-state index contributed by atoms with van der Waals surface area (Å²) in [4.78, 5) is 22.9. The lowest BCUT2D eigenvalue weighted by Gasteiger charge is -2.15. The minimum atomic E-state index is -0.557. The molecule has 0 aromatic heterocycles. The zero-order chi connectivity index (χ0) is 13.0. The first kappa shape index (κ1) is 12.6. The maximum absolute atomic E-state index is 11.6. The zero-order valence-electron chi connectivity index (χ0n) is 10.3. The number of amides is 2. The molecule has 2 rings (SSSR count). The third-order valence-corrected chi connectivity index (χ3v) is 3.17. The molecule has 1 fully saturated rings. The molecule has 1 aromatic carbocycles. The minimum absolute atomic E-state index is 0.0353. The van der Waals surface area contributed by atoms with E-state index in [1.54, 1.807) is 0 Å². The normalized spacial score (nSPS) is 16.0. The molecular weight excluding hydrogens is 228 g/mol. The lowest BCUT2D eigenvalue weighted by molar-refractivity contribution is -0.128. The highest BCUT2D eigenvalue weighted by atomic mass is 16.2. The summed E-state index contributed by atoms with van der Waals surface area (Å²) in [5.74, 6) is -0.393. The van der Waals surface area contributed by atoms with Crippen molar-refractivity contribution in [3.8, 4) is 0 Å². The molecule has 1 saturated carbocycles. The van der Waals surface area contributed by atoms with E-state index in [-0.39, 0.29) is 11.8 Å². The van der Waals surface area contributed by atoms with E-state index in [4.69, 9.17) is 5.73 Å². The van der Waals surface area contributed by atoms with E-state index < -0.39 is 11.9 Å². The van der Waals surface area contributed by atoms with E-state index in [0.29, 0.717) is 6.42 Å². The van der Waals surface area contributed by atoms with Crippen LogP contribution in [0.15, 0.2) is 30.3 Å². The molecular formula is C14H18N2O2. The maximum atomic E-state index is 11.6. The number of nitrogens with one attached hydrogen (secondary N) is 1. The van der Waals surface area contributed by atoms with Crippen molar-refractivity contribution in [3.05, 3.63) is 35.9 Å². The summed E-state index contributed by atoms with van der Waals surface area (Å²) >= 11 is 0. The van der Waals surface area contributed by atoms with Gasteiger partial charge in [0.1, 0.15) is 6.04 Å². The highest BCUT2D eigenvalue weighted by molar-refractivity contribution is 5.88. The molecule has 0 heterocycles. The number of hydrogen-bond acceptors (Lipinski definition) is 2. The summed E-state index contributed by atoms with van der Waals surface area (Å²) in [5, 5.41) is 2.74. The van der Waals surface area contributed by atoms with Crippen molar-refractivity contribution >= 4 is 11.8 Å². The SMILES string of the molecule is NC(=O)[C@H](CCc1ccccc1)NC(=O)C1CC1. The van der Waals surface area contributed by atoms with E-state index in [1.165, 1.54) is 0 Å². The van der Waals surface area contributed by atoms with Crippen LogP contribution in [0, 0.1) is 5.92 Å². The lowest BCUT2D eigenvalue weighted by atomic mass is 10.0. The van der Waals surface area contributed by atoms with Gasteiger partial charge in [-0.3, -0.25) is 9.59 Å². The predicted molar refractivity (Wildman–Crippen MR) is 68.6 cm³/mol. The van der Waals surface area contributed by atoms with Gasteiger partial charge in [-0.1, -0.05) is 30.3 Å². The Hall–Kier alpha value is -1.84. The first-order valence-corrected chi connectivity index (χ1v) is 6.30. The van der Waals surface area contributed by atoms with Crippen molar-refractivity contribution in [1.82, 2.24) is 5.32 Å². The zero-order valence-corrected chi connectivity index (χ0v) is 10.3. The van der Waals surface area contributed by atoms with E-state index >= 15 is 0 Å². The Labute approximate surface area is 107 Å². The van der Waals surface area contributed by atoms with E-state index in [2.05, 4.69) is 5.32 Å². The Morgan fingerprint density at radius 1 is 1.28 bits per heavy atom. The molecule has 4 heteroatoms. The van der Waals surface area contributed by atoms with Crippen LogP contribution >= 0.6 is 0 Å². The molecule has 1 aliphatic carbocycles. The third kappa shape index (κ3) is 3.58. The molecule has 1 atom stereocenters. The van der Waals surface area contributed by atoms with Crippen molar-refractivity contribution < 1.29 is 9.59 Å². The molecule has 3 N–H and O–H groups in total. The number of carbonyl (C=O) groups is 2. The summed E-state index contributed by atoms with van der Waals surface area (Å²) in [7, 11) is 0. The third-order valence-electron chi connectivity index (χ3n) is 3.17. The summed E-state index contributed by atoms with van der Waals surface area (Å²) in [6, 6.07) is 9.30. The summed E-state index contributed by atoms with van der Waals surface area (Å²) < 4.78 is 0. The van der Waals surface area contributed by atoms with Gasteiger partial charge in [0, 0.05) is 5.92 Å². The second kappa shape index (κ2) is 5.67. The van der Waals surface area contributed by atoms with Crippen molar-refractivity contribution in [1.29, 1.82) is 0 Å². The highest BCUT2D eigenvalue weighted by Gasteiger charge is 2.31. The number of primary amides is 1. The lowest BCUT2D eigenvalue weighted by Crippen LogP contribution is -2.45. The molecule has 96 valence electrons. The van der Waals surface area contributed by atoms with Gasteiger partial charge in [0.15, 0.2) is 0 Å². The van der Waals surface area contributed by atoms with Crippen LogP contribution in [0.25, 0.3) is 0 Å². The van der Waals surface area contributed by atoms with Crippen LogP contribution in [0.3, 0.4) is 0 Å². The van der Waals surface area contributed by atoms with Crippen molar-refractivity contribution in [2.45, 2.75) is 31.7 Å². The number of aryl methyl sites for hydroxylation is 1. The predicted octanol–water partition coefficient (Wildman–Crippen LogP) is 0.999. The smallest absolute Gasteiger partial charge is 0.240 e. The molecule has 1 aliphatic rings. The molecule has 2 amide bonds. The van der Waals surface area contributed by atoms with E-state index in [1.807, 2.05) is 30.3 Å². The second-order valence-corrected chi connectivity index (χ2v) is 4.76. The van der Waals surface area contributed by atoms with Gasteiger partial charge in [-0.05, 0) is 31.2 Å². The Morgan fingerprint density at radius 2 is 1.94 bits per heavy atom. The van der Waals surface area contributed by atoms with Crippen molar-refractivity contribution in [2.75, 3.05) is 0 Å². The number of rotatable bonds is 6. The van der Waals surface area contributed by atoms with Crippen LogP contribution in [0.1, 0.15) is 24.8 Å². The van der Waals surface area contributed by atoms with Gasteiger partial charge in [-0.2, -0.15) is 0 Å². The fourth-order valence-electron chi connectivity index (χ4n) is 1.88. The van der Waals surface area contributed by atoms with Crippen molar-refractivity contribution in [3.63, 3.8) is 0 Å². The van der Waals surface area contributed by atoms with E-state index in [9.17, 15) is 9.59 Å². The molecule has 0 bridgehead atoms. The van der Waals surface area contributed by atoms with E-state index in [0.717, 1.165) is 24.8 Å². The van der Waals surface area contributed by atoms with Crippen LogP contribution in [-0.4, -0.2) is 17.9 Å². The Morgan fingerprint density at radius 3 is 2.50 bits per heavy atom. The number of hydrogen-bond donors (Lipinski definition) is 2. The topological polar surface area (TPSA) is 72.2 Å². The molecule has 18 heavy (non-hydrogen) atoms. The molecule has 4 nitrogen and oxygen atoms in total. The average molecular weight is 246 g/mol. The molecule has 1 aromatic rings. The van der Waals surface area contributed by atoms with Crippen LogP contribution < -0.4 is 11.1 Å². The Kier molecular flexibility index (Phi) is 3.97. The molecule has 0 radical (unpaired) electrons. The van der Waals surface area contributed by atoms with Crippen LogP contribution in [0.4, 0.5) is 0 Å². The summed E-state index contributed by atoms with van der Waals surface area (Å²) in [5.41, 5.74) is 6.46. The van der Waals surface area contributed by atoms with Gasteiger partial charge < -0.3 is 11.1 Å². The van der Waals surface area contributed by atoms with Crippen LogP contribution in [-0.2, 0) is 16.0 Å². The Bertz CT molecular complexity index is 427. The monoisotopic (exact) mass is 246 g/mol. The quantitative estimate of drug-likeness (QED) is 0.786. The van der Waals surface area contributed by atoms with Gasteiger partial charge in [0.05, 0.1) is 0 Å². The largest absolute Gasteiger partial charge is 0.368 e. The van der Waals surface area contributed by atoms with Crippen LogP contribution in [0.5, 0.6) is 0 Å². The molecule has 0 aliphatic heterocycles. The number of carbonyl (C=O) groups excluding carboxylic acids is 2. The number of nitrogens with two attached hydrogens (primary N) is 1. The standard InChI is InChI=1S/C14H18N2O2/c15-13(17)12(16-14(18)11-7-8-11)9-6-10-4-2-1-3-5-10/h1-5,11-12H,6-9H2,(H2,15,17)(H,16,18)/t12-/m0/s1. The molecule has 0 spiro atoms. The summed E-state index contributed by atoms with van der Waals surface area (Å²) in [6.45, 7) is 0. The molecule has 0 saturated heterocycles. The molecule has 0 unspecified atom stereocenters. The van der Waals surface area contributed by atoms with Gasteiger partial charge in [0.2, 0.25) is 11.8 Å². The second-order valence-electron chi connectivity index (χ2n) is 4.76. The van der Waals surface area contributed by atoms with Gasteiger partial charge in [0.25, 0.3) is 0 Å². The number of benzene rings is 1. The highest BCUT2D eigenvalue weighted by Crippen LogP contribution is 2.29. The maximum Gasteiger partial charge on any atom is 0.240 e. The first-order valence-electron chi connectivity index (χ1n) is 6.30. The summed E-state index contributed by atoms with van der Waals surface area (Å²) in [6.07, 6.45) is 3.14. The minimum Gasteiger partial charge on any atom is -0.368 e. The van der Waals surface area contributed by atoms with Gasteiger partial charge in [-0.25, -0.2) is 0 Å². The van der Waals surface area contributed by atoms with Crippen molar-refractivity contribution in [2.24, 2.45) is 11.7 Å². The fourth-order valence-corrected chi connectivity index (χ4v) is 1.88. The van der Waals surface area contributed by atoms with Gasteiger partial charge in [-0.15, -0.1) is 0 Å². The van der Waals surface area contributed by atoms with Gasteiger partial charge >= 0.3 is 0 Å². The average Bonchev–Trinajstić information content (AvgIpc) is 3.19. The first-order chi connectivity index (χ1) is 8.66. The van der Waals surface area contributed by atoms with Crippen LogP contribution in [0.2, 0.25) is 0 Å². The Balaban J connectivity index is 1.86.